The second-order valence-corrected chi connectivity index (χ2v) is 19.3. The highest BCUT2D eigenvalue weighted by molar-refractivity contribution is 8.00. The van der Waals surface area contributed by atoms with Crippen molar-refractivity contribution in [3.8, 4) is 11.1 Å². The third-order valence-corrected chi connectivity index (χ3v) is 15.4. The fourth-order valence-electron chi connectivity index (χ4n) is 10.4. The summed E-state index contributed by atoms with van der Waals surface area (Å²) in [6.07, 6.45) is -1.24. The van der Waals surface area contributed by atoms with Crippen LogP contribution in [0, 0.1) is 0 Å². The van der Waals surface area contributed by atoms with E-state index in [-0.39, 0.29) is 37.7 Å². The lowest BCUT2D eigenvalue weighted by Gasteiger charge is -2.38. The van der Waals surface area contributed by atoms with E-state index in [9.17, 15) is 19.5 Å². The number of carboxylic acids is 1. The van der Waals surface area contributed by atoms with Crippen molar-refractivity contribution < 1.29 is 29.0 Å². The summed E-state index contributed by atoms with van der Waals surface area (Å²) in [5, 5.41) is 17.3. The van der Waals surface area contributed by atoms with Crippen LogP contribution in [0.2, 0.25) is 0 Å². The first-order chi connectivity index (χ1) is 35.7. The number of aliphatic carboxylic acids is 1. The van der Waals surface area contributed by atoms with Gasteiger partial charge in [0.25, 0.3) is 0 Å². The average molecular weight is 984 g/mol. The second kappa shape index (κ2) is 22.9. The Bertz CT molecular complexity index is 2890. The van der Waals surface area contributed by atoms with E-state index >= 15 is 4.79 Å². The fourth-order valence-corrected chi connectivity index (χ4v) is 12.0. The van der Waals surface area contributed by atoms with Crippen LogP contribution in [0.1, 0.15) is 70.2 Å². The molecular formula is C63H57N3O6S. The molecular weight excluding hydrogens is 927 g/mol. The Balaban J connectivity index is 1.03. The van der Waals surface area contributed by atoms with Crippen molar-refractivity contribution in [3.63, 3.8) is 0 Å². The Kier molecular flexibility index (Phi) is 15.6. The van der Waals surface area contributed by atoms with Gasteiger partial charge in [-0.15, -0.1) is 11.8 Å². The van der Waals surface area contributed by atoms with Crippen LogP contribution in [0.25, 0.3) is 11.1 Å². The summed E-state index contributed by atoms with van der Waals surface area (Å²) in [6.45, 7) is 1.71. The lowest BCUT2D eigenvalue weighted by Crippen LogP contribution is -2.55. The topological polar surface area (TPSA) is 125 Å². The van der Waals surface area contributed by atoms with Crippen LogP contribution in [0.5, 0.6) is 0 Å². The van der Waals surface area contributed by atoms with Crippen LogP contribution in [-0.2, 0) is 29.4 Å². The molecule has 8 aromatic carbocycles. The highest BCUT2D eigenvalue weighted by atomic mass is 32.2. The van der Waals surface area contributed by atoms with Gasteiger partial charge >= 0.3 is 12.1 Å². The minimum atomic E-state index is -1.35. The Morgan fingerprint density at radius 2 is 0.945 bits per heavy atom. The quantitative estimate of drug-likeness (QED) is 0.0650. The molecule has 0 unspecified atom stereocenters. The van der Waals surface area contributed by atoms with Crippen LogP contribution in [-0.4, -0.2) is 64.9 Å². The van der Waals surface area contributed by atoms with E-state index in [4.69, 9.17) is 4.74 Å². The molecule has 0 heterocycles. The molecule has 0 radical (unpaired) electrons. The SMILES string of the molecule is CCN(C(=O)[C@H](CCC(=O)NC(c1ccccc1)(c1ccccc1)c1ccccc1)NC(=O)OCC1c2ccccc2-c2ccccc21)[C@@H](CSC(c1ccccc1)(c1ccccc1)c1ccccc1)C(=O)O. The van der Waals surface area contributed by atoms with E-state index in [1.807, 2.05) is 218 Å². The standard InChI is InChI=1S/C63H57N3O6S/c1-2-66(57(60(69)70)44-73-63(48-31-15-6-16-32-48,49-33-17-7-18-34-49)50-35-19-8-20-36-50)59(68)56(64-61(71)72-43-55-53-39-23-21-37-51(53)52-38-22-24-40-54(52)55)41-42-58(67)65-62(45-25-9-3-10-26-45,46-27-11-4-12-28-46)47-29-13-5-14-30-47/h3-40,55-57H,2,41-44H2,1H3,(H,64,71)(H,65,67)(H,69,70)/t56-,57-/m0/s1. The third kappa shape index (κ3) is 10.4. The number of hydrogen-bond acceptors (Lipinski definition) is 6. The number of nitrogens with zero attached hydrogens (tertiary/aromatic N) is 1. The molecule has 3 N–H and O–H groups in total. The molecule has 2 atom stereocenters. The molecule has 0 aliphatic heterocycles. The number of nitrogens with one attached hydrogen (secondary N) is 2. The van der Waals surface area contributed by atoms with Crippen molar-refractivity contribution in [3.05, 3.63) is 275 Å². The Morgan fingerprint density at radius 1 is 0.562 bits per heavy atom. The van der Waals surface area contributed by atoms with Gasteiger partial charge in [-0.2, -0.15) is 0 Å². The van der Waals surface area contributed by atoms with E-state index in [0.717, 1.165) is 55.6 Å². The van der Waals surface area contributed by atoms with Crippen LogP contribution in [0.4, 0.5) is 4.79 Å². The van der Waals surface area contributed by atoms with Gasteiger partial charge < -0.3 is 25.4 Å². The molecule has 0 bridgehead atoms. The summed E-state index contributed by atoms with van der Waals surface area (Å²) in [4.78, 5) is 59.2. The maximum atomic E-state index is 15.3. The number of benzene rings is 8. The Labute approximate surface area is 431 Å². The average Bonchev–Trinajstić information content (AvgIpc) is 3.77. The van der Waals surface area contributed by atoms with E-state index in [1.54, 1.807) is 6.92 Å². The number of amides is 3. The molecule has 73 heavy (non-hydrogen) atoms. The molecule has 3 amide bonds. The van der Waals surface area contributed by atoms with Gasteiger partial charge in [0, 0.05) is 24.6 Å². The Morgan fingerprint density at radius 3 is 1.34 bits per heavy atom. The van der Waals surface area contributed by atoms with E-state index in [2.05, 4.69) is 22.8 Å². The first-order valence-electron chi connectivity index (χ1n) is 24.7. The zero-order chi connectivity index (χ0) is 50.6. The summed E-state index contributed by atoms with van der Waals surface area (Å²) >= 11 is 1.43. The predicted octanol–water partition coefficient (Wildman–Crippen LogP) is 11.8. The molecule has 0 spiro atoms. The first-order valence-corrected chi connectivity index (χ1v) is 25.7. The number of rotatable bonds is 20. The molecule has 10 heteroatoms. The number of thioether (sulfide) groups is 1. The smallest absolute Gasteiger partial charge is 0.407 e. The zero-order valence-electron chi connectivity index (χ0n) is 40.6. The van der Waals surface area contributed by atoms with Gasteiger partial charge in [-0.1, -0.05) is 231 Å². The minimum absolute atomic E-state index is 0.000427. The summed E-state index contributed by atoms with van der Waals surface area (Å²) in [5.74, 6) is -2.53. The molecule has 0 saturated heterocycles. The first kappa shape index (κ1) is 49.8. The number of carbonyl (C=O) groups excluding carboxylic acids is 3. The summed E-state index contributed by atoms with van der Waals surface area (Å²) < 4.78 is 5.12. The third-order valence-electron chi connectivity index (χ3n) is 13.8. The van der Waals surface area contributed by atoms with Crippen LogP contribution in [0.3, 0.4) is 0 Å². The highest BCUT2D eigenvalue weighted by Gasteiger charge is 2.42. The predicted molar refractivity (Wildman–Crippen MR) is 289 cm³/mol. The van der Waals surface area contributed by atoms with Crippen LogP contribution in [0.15, 0.2) is 231 Å². The number of ether oxygens (including phenoxy) is 1. The van der Waals surface area contributed by atoms with Gasteiger partial charge in [-0.05, 0) is 69.0 Å². The van der Waals surface area contributed by atoms with Gasteiger partial charge in [0.05, 0.1) is 4.75 Å². The monoisotopic (exact) mass is 983 g/mol. The molecule has 0 saturated carbocycles. The van der Waals surface area contributed by atoms with Crippen LogP contribution < -0.4 is 10.6 Å². The molecule has 0 fully saturated rings. The van der Waals surface area contributed by atoms with Crippen molar-refractivity contribution in [1.82, 2.24) is 15.5 Å². The highest BCUT2D eigenvalue weighted by Crippen LogP contribution is 2.49. The number of carboxylic acid groups (broad SMARTS) is 1. The number of likely N-dealkylation sites (N-methyl/N-ethyl adjacent to an activating group) is 1. The fraction of sp³-hybridized carbons (Fsp3) is 0.175. The summed E-state index contributed by atoms with van der Waals surface area (Å²) in [6, 6.07) is 72.3. The second-order valence-electron chi connectivity index (χ2n) is 18.0. The number of alkyl carbamates (subject to hydrolysis) is 1. The summed E-state index contributed by atoms with van der Waals surface area (Å²) in [5.41, 5.74) is 8.33. The molecule has 1 aliphatic carbocycles. The van der Waals surface area contributed by atoms with Gasteiger partial charge in [0.1, 0.15) is 24.2 Å². The van der Waals surface area contributed by atoms with Crippen molar-refractivity contribution in [2.75, 3.05) is 18.9 Å². The lowest BCUT2D eigenvalue weighted by atomic mass is 9.77. The van der Waals surface area contributed by atoms with Gasteiger partial charge in [0.15, 0.2) is 0 Å². The normalized spacial score (nSPS) is 12.9. The largest absolute Gasteiger partial charge is 0.480 e. The molecule has 366 valence electrons. The van der Waals surface area contributed by atoms with E-state index < -0.39 is 46.2 Å². The lowest BCUT2D eigenvalue weighted by molar-refractivity contribution is -0.150. The van der Waals surface area contributed by atoms with Crippen molar-refractivity contribution in [2.24, 2.45) is 0 Å². The molecule has 0 aromatic heterocycles. The van der Waals surface area contributed by atoms with Gasteiger partial charge in [-0.25, -0.2) is 9.59 Å². The number of carbonyl (C=O) groups is 4. The van der Waals surface area contributed by atoms with E-state index in [0.29, 0.717) is 0 Å². The number of fused-ring (bicyclic) bond motifs is 3. The van der Waals surface area contributed by atoms with Crippen LogP contribution >= 0.6 is 11.8 Å². The minimum Gasteiger partial charge on any atom is -0.480 e. The number of hydrogen-bond donors (Lipinski definition) is 3. The van der Waals surface area contributed by atoms with Gasteiger partial charge in [-0.3, -0.25) is 9.59 Å². The van der Waals surface area contributed by atoms with Gasteiger partial charge in [0.2, 0.25) is 11.8 Å². The maximum absolute atomic E-state index is 15.3. The van der Waals surface area contributed by atoms with Crippen molar-refractivity contribution >= 4 is 35.6 Å². The van der Waals surface area contributed by atoms with Crippen molar-refractivity contribution in [1.29, 1.82) is 0 Å². The summed E-state index contributed by atoms with van der Waals surface area (Å²) in [7, 11) is 0. The Hall–Kier alpha value is -8.21. The molecule has 8 aromatic rings. The molecule has 9 nitrogen and oxygen atoms in total. The maximum Gasteiger partial charge on any atom is 0.407 e. The molecule has 9 rings (SSSR count). The molecule has 1 aliphatic rings. The van der Waals surface area contributed by atoms with E-state index in [1.165, 1.54) is 16.7 Å². The zero-order valence-corrected chi connectivity index (χ0v) is 41.4. The van der Waals surface area contributed by atoms with Crippen molar-refractivity contribution in [2.45, 2.75) is 48.1 Å².